The monoisotopic (exact) mass is 1020 g/mol. The first-order chi connectivity index (χ1) is 36.0. The van der Waals surface area contributed by atoms with Crippen molar-refractivity contribution in [2.45, 2.75) is 348 Å². The fourth-order valence-electron chi connectivity index (χ4n) is 9.46. The lowest BCUT2D eigenvalue weighted by Gasteiger charge is -2.18. The molecule has 0 aliphatic rings. The van der Waals surface area contributed by atoms with Crippen molar-refractivity contribution in [3.63, 3.8) is 0 Å². The maximum absolute atomic E-state index is 12.9. The molecule has 6 nitrogen and oxygen atoms in total. The molecule has 0 saturated carbocycles. The van der Waals surface area contributed by atoms with Crippen molar-refractivity contribution in [1.82, 2.24) is 0 Å². The maximum Gasteiger partial charge on any atom is 0.306 e. The number of allylic oxidation sites excluding steroid dienone is 8. The van der Waals surface area contributed by atoms with Gasteiger partial charge in [0.25, 0.3) is 0 Å². The number of ether oxygens (including phenoxy) is 3. The quantitative estimate of drug-likeness (QED) is 0.0261. The van der Waals surface area contributed by atoms with Crippen LogP contribution in [-0.2, 0) is 28.6 Å². The summed E-state index contributed by atoms with van der Waals surface area (Å²) in [6.45, 7) is 6.60. The summed E-state index contributed by atoms with van der Waals surface area (Å²) >= 11 is 0. The molecule has 0 aromatic carbocycles. The van der Waals surface area contributed by atoms with Crippen molar-refractivity contribution in [3.8, 4) is 0 Å². The van der Waals surface area contributed by atoms with E-state index in [4.69, 9.17) is 14.2 Å². The normalized spacial score (nSPS) is 12.3. The van der Waals surface area contributed by atoms with E-state index in [1.807, 2.05) is 0 Å². The molecule has 0 aliphatic heterocycles. The average molecular weight is 1020 g/mol. The molecule has 0 amide bonds. The molecule has 73 heavy (non-hydrogen) atoms. The highest BCUT2D eigenvalue weighted by molar-refractivity contribution is 5.71. The summed E-state index contributed by atoms with van der Waals surface area (Å²) in [6.07, 6.45) is 77.0. The van der Waals surface area contributed by atoms with Crippen molar-refractivity contribution < 1.29 is 28.6 Å². The zero-order valence-electron chi connectivity index (χ0n) is 48.9. The molecular weight excluding hydrogens is 901 g/mol. The Morgan fingerprint density at radius 2 is 0.521 bits per heavy atom. The predicted octanol–water partition coefficient (Wildman–Crippen LogP) is 21.8. The first-order valence-corrected chi connectivity index (χ1v) is 32.1. The summed E-state index contributed by atoms with van der Waals surface area (Å²) in [5.74, 6) is -0.875. The van der Waals surface area contributed by atoms with Gasteiger partial charge in [0.05, 0.1) is 0 Å². The van der Waals surface area contributed by atoms with E-state index in [0.717, 1.165) is 89.9 Å². The summed E-state index contributed by atoms with van der Waals surface area (Å²) in [4.78, 5) is 38.2. The molecule has 0 aromatic rings. The smallest absolute Gasteiger partial charge is 0.306 e. The first kappa shape index (κ1) is 70.4. The van der Waals surface area contributed by atoms with Gasteiger partial charge in [-0.2, -0.15) is 0 Å². The Hall–Kier alpha value is -2.63. The highest BCUT2D eigenvalue weighted by Crippen LogP contribution is 2.17. The van der Waals surface area contributed by atoms with Gasteiger partial charge in [0.15, 0.2) is 6.10 Å². The summed E-state index contributed by atoms with van der Waals surface area (Å²) in [7, 11) is 0. The molecule has 0 aliphatic carbocycles. The van der Waals surface area contributed by atoms with Gasteiger partial charge in [0, 0.05) is 19.3 Å². The van der Waals surface area contributed by atoms with Gasteiger partial charge in [-0.25, -0.2) is 0 Å². The minimum Gasteiger partial charge on any atom is -0.462 e. The van der Waals surface area contributed by atoms with E-state index in [1.165, 1.54) is 212 Å². The number of rotatable bonds is 59. The molecule has 0 radical (unpaired) electrons. The number of unbranched alkanes of at least 4 members (excludes halogenated alkanes) is 40. The van der Waals surface area contributed by atoms with Crippen molar-refractivity contribution in [2.24, 2.45) is 0 Å². The molecular formula is C67H122O6. The molecule has 0 saturated heterocycles. The molecule has 1 atom stereocenters. The molecule has 0 fully saturated rings. The highest BCUT2D eigenvalue weighted by atomic mass is 16.6. The Bertz CT molecular complexity index is 1270. The molecule has 0 aromatic heterocycles. The molecule has 0 spiro atoms. The van der Waals surface area contributed by atoms with Gasteiger partial charge in [-0.3, -0.25) is 14.4 Å². The molecule has 0 bridgehead atoms. The number of esters is 3. The van der Waals surface area contributed by atoms with Crippen LogP contribution in [0, 0.1) is 0 Å². The summed E-state index contributed by atoms with van der Waals surface area (Å²) in [6, 6.07) is 0. The van der Waals surface area contributed by atoms with E-state index < -0.39 is 6.10 Å². The van der Waals surface area contributed by atoms with Gasteiger partial charge in [0.2, 0.25) is 0 Å². The summed E-state index contributed by atoms with van der Waals surface area (Å²) in [5.41, 5.74) is 0. The van der Waals surface area contributed by atoms with E-state index in [0.29, 0.717) is 19.3 Å². The second-order valence-corrected chi connectivity index (χ2v) is 21.7. The Morgan fingerprint density at radius 3 is 0.836 bits per heavy atom. The summed E-state index contributed by atoms with van der Waals surface area (Å²) in [5, 5.41) is 0. The van der Waals surface area contributed by atoms with Crippen LogP contribution in [0.5, 0.6) is 0 Å². The van der Waals surface area contributed by atoms with Gasteiger partial charge in [-0.05, 0) is 77.0 Å². The molecule has 0 N–H and O–H groups in total. The molecule has 0 heterocycles. The van der Waals surface area contributed by atoms with Crippen LogP contribution in [0.4, 0.5) is 0 Å². The lowest BCUT2D eigenvalue weighted by atomic mass is 10.0. The van der Waals surface area contributed by atoms with Crippen molar-refractivity contribution in [1.29, 1.82) is 0 Å². The SMILES string of the molecule is CCC/C=C\CCCCCCCC(=O)OCC(COC(=O)CCCCCCCCCC/C=C\C/C=C\C/C=C\CCCCCCC)OC(=O)CCCCCCCCCCCCCCCCCCCCCCCC. The van der Waals surface area contributed by atoms with E-state index >= 15 is 0 Å². The van der Waals surface area contributed by atoms with Crippen LogP contribution in [0.2, 0.25) is 0 Å². The molecule has 1 unspecified atom stereocenters. The zero-order chi connectivity index (χ0) is 52.9. The lowest BCUT2D eigenvalue weighted by molar-refractivity contribution is -0.167. The highest BCUT2D eigenvalue weighted by Gasteiger charge is 2.19. The zero-order valence-corrected chi connectivity index (χ0v) is 48.9. The van der Waals surface area contributed by atoms with Gasteiger partial charge in [-0.15, -0.1) is 0 Å². The van der Waals surface area contributed by atoms with Crippen molar-refractivity contribution >= 4 is 17.9 Å². The number of hydrogen-bond acceptors (Lipinski definition) is 6. The second-order valence-electron chi connectivity index (χ2n) is 21.7. The third-order valence-electron chi connectivity index (χ3n) is 14.3. The van der Waals surface area contributed by atoms with Crippen LogP contribution >= 0.6 is 0 Å². The van der Waals surface area contributed by atoms with Gasteiger partial charge in [0.1, 0.15) is 13.2 Å². The lowest BCUT2D eigenvalue weighted by Crippen LogP contribution is -2.30. The summed E-state index contributed by atoms with van der Waals surface area (Å²) < 4.78 is 16.9. The molecule has 426 valence electrons. The van der Waals surface area contributed by atoms with Crippen LogP contribution in [0.1, 0.15) is 342 Å². The topological polar surface area (TPSA) is 78.9 Å². The Balaban J connectivity index is 4.23. The van der Waals surface area contributed by atoms with E-state index in [9.17, 15) is 14.4 Å². The minimum atomic E-state index is -0.778. The van der Waals surface area contributed by atoms with Crippen molar-refractivity contribution in [3.05, 3.63) is 48.6 Å². The van der Waals surface area contributed by atoms with Crippen LogP contribution in [0.15, 0.2) is 48.6 Å². The second kappa shape index (κ2) is 61.9. The number of carbonyl (C=O) groups is 3. The standard InChI is InChI=1S/C67H122O6/c1-4-7-10-13-16-19-22-24-26-28-30-32-34-36-37-39-41-43-45-48-51-54-57-60-66(69)72-63-64(62-71-65(68)59-56-53-50-47-21-18-15-12-9-6-3)73-67(70)61-58-55-52-49-46-44-42-40-38-35-33-31-29-27-25-23-20-17-14-11-8-5-2/h12,15,22,24,28,30,34,36,64H,4-11,13-14,16-21,23,25-27,29,31-33,35,37-63H2,1-3H3/b15-12-,24-22-,30-28-,36-34-. The largest absolute Gasteiger partial charge is 0.462 e. The molecule has 6 heteroatoms. The van der Waals surface area contributed by atoms with Gasteiger partial charge < -0.3 is 14.2 Å². The van der Waals surface area contributed by atoms with E-state index in [-0.39, 0.29) is 31.1 Å². The van der Waals surface area contributed by atoms with Crippen LogP contribution in [-0.4, -0.2) is 37.2 Å². The van der Waals surface area contributed by atoms with E-state index in [1.54, 1.807) is 0 Å². The minimum absolute atomic E-state index is 0.0766. The van der Waals surface area contributed by atoms with Crippen LogP contribution < -0.4 is 0 Å². The maximum atomic E-state index is 12.9. The Kier molecular flexibility index (Phi) is 59.7. The molecule has 0 rings (SSSR count). The third-order valence-corrected chi connectivity index (χ3v) is 14.3. The van der Waals surface area contributed by atoms with Crippen LogP contribution in [0.25, 0.3) is 0 Å². The van der Waals surface area contributed by atoms with Gasteiger partial charge >= 0.3 is 17.9 Å². The van der Waals surface area contributed by atoms with E-state index in [2.05, 4.69) is 69.4 Å². The Labute approximate surface area is 454 Å². The third kappa shape index (κ3) is 60.1. The van der Waals surface area contributed by atoms with Gasteiger partial charge in [-0.1, -0.05) is 294 Å². The fraction of sp³-hybridized carbons (Fsp3) is 0.836. The number of hydrogen-bond donors (Lipinski definition) is 0. The number of carbonyl (C=O) groups excluding carboxylic acids is 3. The average Bonchev–Trinajstić information content (AvgIpc) is 3.39. The van der Waals surface area contributed by atoms with Crippen molar-refractivity contribution in [2.75, 3.05) is 13.2 Å². The Morgan fingerprint density at radius 1 is 0.274 bits per heavy atom. The first-order valence-electron chi connectivity index (χ1n) is 32.1. The van der Waals surface area contributed by atoms with Crippen LogP contribution in [0.3, 0.4) is 0 Å². The predicted molar refractivity (Wildman–Crippen MR) is 316 cm³/mol. The fourth-order valence-corrected chi connectivity index (χ4v) is 9.46.